The van der Waals surface area contributed by atoms with Gasteiger partial charge in [-0.25, -0.2) is 12.7 Å². The molecule has 9 heteroatoms. The highest BCUT2D eigenvalue weighted by Crippen LogP contribution is 2.23. The van der Waals surface area contributed by atoms with Crippen LogP contribution in [0.3, 0.4) is 0 Å². The second-order valence-corrected chi connectivity index (χ2v) is 7.70. The lowest BCUT2D eigenvalue weighted by atomic mass is 10.2. The van der Waals surface area contributed by atoms with Crippen molar-refractivity contribution in [2.24, 2.45) is 7.05 Å². The van der Waals surface area contributed by atoms with Crippen molar-refractivity contribution in [3.8, 4) is 0 Å². The van der Waals surface area contributed by atoms with E-state index in [9.17, 15) is 13.2 Å². The molecule has 2 aromatic rings. The number of hydrogen-bond donors (Lipinski definition) is 1. The Labute approximate surface area is 132 Å². The van der Waals surface area contributed by atoms with Gasteiger partial charge in [0.25, 0.3) is 15.9 Å². The zero-order chi connectivity index (χ0) is 16.3. The molecule has 1 amide bonds. The van der Waals surface area contributed by atoms with Crippen molar-refractivity contribution in [2.45, 2.75) is 17.6 Å². The number of aryl methyl sites for hydroxylation is 1. The SMILES string of the molecule is Cc1c(C(=O)N(CCCO)S(=O)(=O)c2cccs2)cnn1C. The van der Waals surface area contributed by atoms with Crippen molar-refractivity contribution in [3.63, 3.8) is 0 Å². The molecule has 120 valence electrons. The highest BCUT2D eigenvalue weighted by atomic mass is 32.2. The van der Waals surface area contributed by atoms with Crippen LogP contribution < -0.4 is 0 Å². The van der Waals surface area contributed by atoms with Gasteiger partial charge < -0.3 is 5.11 Å². The minimum absolute atomic E-state index is 0.0795. The Bertz CT molecular complexity index is 750. The number of thiophene rings is 1. The predicted molar refractivity (Wildman–Crippen MR) is 82.2 cm³/mol. The van der Waals surface area contributed by atoms with Gasteiger partial charge >= 0.3 is 0 Å². The van der Waals surface area contributed by atoms with Crippen LogP contribution in [0.15, 0.2) is 27.9 Å². The van der Waals surface area contributed by atoms with E-state index in [1.54, 1.807) is 25.4 Å². The van der Waals surface area contributed by atoms with E-state index in [4.69, 9.17) is 5.11 Å². The number of aromatic nitrogens is 2. The lowest BCUT2D eigenvalue weighted by molar-refractivity contribution is 0.0855. The van der Waals surface area contributed by atoms with E-state index in [1.165, 1.54) is 16.9 Å². The summed E-state index contributed by atoms with van der Waals surface area (Å²) in [6, 6.07) is 3.07. The van der Waals surface area contributed by atoms with Crippen LogP contribution in [0.4, 0.5) is 0 Å². The number of carbonyl (C=O) groups is 1. The fraction of sp³-hybridized carbons (Fsp3) is 0.385. The van der Waals surface area contributed by atoms with Gasteiger partial charge in [0.2, 0.25) is 0 Å². The van der Waals surface area contributed by atoms with E-state index in [-0.39, 0.29) is 29.3 Å². The van der Waals surface area contributed by atoms with E-state index < -0.39 is 15.9 Å². The fourth-order valence-electron chi connectivity index (χ4n) is 1.91. The molecule has 0 saturated heterocycles. The van der Waals surface area contributed by atoms with Gasteiger partial charge in [-0.05, 0) is 24.8 Å². The van der Waals surface area contributed by atoms with Gasteiger partial charge in [0, 0.05) is 25.9 Å². The smallest absolute Gasteiger partial charge is 0.276 e. The largest absolute Gasteiger partial charge is 0.396 e. The Morgan fingerprint density at radius 1 is 1.50 bits per heavy atom. The summed E-state index contributed by atoms with van der Waals surface area (Å²) in [5.74, 6) is -0.632. The predicted octanol–water partition coefficient (Wildman–Crippen LogP) is 1.00. The van der Waals surface area contributed by atoms with Crippen LogP contribution in [-0.4, -0.2) is 46.7 Å². The molecule has 1 N–H and O–H groups in total. The maximum atomic E-state index is 12.6. The number of nitrogens with zero attached hydrogens (tertiary/aromatic N) is 3. The van der Waals surface area contributed by atoms with Gasteiger partial charge in [-0.1, -0.05) is 6.07 Å². The van der Waals surface area contributed by atoms with E-state index in [0.29, 0.717) is 5.69 Å². The fourth-order valence-corrected chi connectivity index (χ4v) is 4.43. The van der Waals surface area contributed by atoms with Crippen LogP contribution in [0, 0.1) is 6.92 Å². The van der Waals surface area contributed by atoms with Crippen molar-refractivity contribution in [3.05, 3.63) is 35.0 Å². The Morgan fingerprint density at radius 2 is 2.23 bits per heavy atom. The Hall–Kier alpha value is -1.71. The monoisotopic (exact) mass is 343 g/mol. The maximum Gasteiger partial charge on any atom is 0.276 e. The van der Waals surface area contributed by atoms with Gasteiger partial charge in [0.05, 0.1) is 11.8 Å². The molecule has 2 aromatic heterocycles. The highest BCUT2D eigenvalue weighted by molar-refractivity contribution is 7.91. The minimum atomic E-state index is -3.93. The lowest BCUT2D eigenvalue weighted by Gasteiger charge is -2.21. The molecule has 0 saturated carbocycles. The zero-order valence-electron chi connectivity index (χ0n) is 12.3. The molecule has 0 aliphatic rings. The number of amides is 1. The molecule has 0 unspecified atom stereocenters. The number of sulfonamides is 1. The lowest BCUT2D eigenvalue weighted by Crippen LogP contribution is -2.38. The van der Waals surface area contributed by atoms with Crippen LogP contribution >= 0.6 is 11.3 Å². The summed E-state index contributed by atoms with van der Waals surface area (Å²) in [6.07, 6.45) is 1.53. The van der Waals surface area contributed by atoms with Gasteiger partial charge in [0.15, 0.2) is 0 Å². The highest BCUT2D eigenvalue weighted by Gasteiger charge is 2.32. The summed E-state index contributed by atoms with van der Waals surface area (Å²) >= 11 is 1.05. The molecular formula is C13H17N3O4S2. The first-order valence-corrected chi connectivity index (χ1v) is 8.91. The summed E-state index contributed by atoms with van der Waals surface area (Å²) in [5, 5.41) is 14.6. The van der Waals surface area contributed by atoms with Gasteiger partial charge in [0.1, 0.15) is 4.21 Å². The number of hydrogen-bond acceptors (Lipinski definition) is 6. The van der Waals surface area contributed by atoms with Crippen LogP contribution in [0.1, 0.15) is 22.5 Å². The number of aliphatic hydroxyl groups excluding tert-OH is 1. The zero-order valence-corrected chi connectivity index (χ0v) is 13.9. The Kier molecular flexibility index (Phi) is 4.99. The van der Waals surface area contributed by atoms with E-state index >= 15 is 0 Å². The molecule has 7 nitrogen and oxygen atoms in total. The second kappa shape index (κ2) is 6.59. The molecule has 0 aliphatic heterocycles. The quantitative estimate of drug-likeness (QED) is 0.845. The maximum absolute atomic E-state index is 12.6. The van der Waals surface area contributed by atoms with E-state index in [2.05, 4.69) is 5.10 Å². The Morgan fingerprint density at radius 3 is 2.73 bits per heavy atom. The van der Waals surface area contributed by atoms with Gasteiger partial charge in [-0.3, -0.25) is 9.48 Å². The third-order valence-electron chi connectivity index (χ3n) is 3.25. The van der Waals surface area contributed by atoms with Crippen molar-refractivity contribution >= 4 is 27.3 Å². The molecule has 0 aromatic carbocycles. The second-order valence-electron chi connectivity index (χ2n) is 4.66. The average Bonchev–Trinajstić information content (AvgIpc) is 3.11. The van der Waals surface area contributed by atoms with E-state index in [0.717, 1.165) is 15.6 Å². The number of rotatable bonds is 6. The van der Waals surface area contributed by atoms with Crippen LogP contribution in [0.25, 0.3) is 0 Å². The molecule has 0 fully saturated rings. The van der Waals surface area contributed by atoms with Crippen molar-refractivity contribution in [1.82, 2.24) is 14.1 Å². The van der Waals surface area contributed by atoms with Crippen LogP contribution in [0.2, 0.25) is 0 Å². The first kappa shape index (κ1) is 16.7. The molecule has 2 heterocycles. The molecular weight excluding hydrogens is 326 g/mol. The van der Waals surface area contributed by atoms with Crippen LogP contribution in [-0.2, 0) is 17.1 Å². The summed E-state index contributed by atoms with van der Waals surface area (Å²) in [4.78, 5) is 12.6. The summed E-state index contributed by atoms with van der Waals surface area (Å²) in [7, 11) is -2.25. The topological polar surface area (TPSA) is 92.5 Å². The van der Waals surface area contributed by atoms with E-state index in [1.807, 2.05) is 0 Å². The van der Waals surface area contributed by atoms with Crippen LogP contribution in [0.5, 0.6) is 0 Å². The standard InChI is InChI=1S/C13H17N3O4S2/c1-10-11(9-14-15(10)2)13(18)16(6-4-7-17)22(19,20)12-5-3-8-21-12/h3,5,8-9,17H,4,6-7H2,1-2H3. The van der Waals surface area contributed by atoms with Gasteiger partial charge in [-0.2, -0.15) is 5.10 Å². The average molecular weight is 343 g/mol. The minimum Gasteiger partial charge on any atom is -0.396 e. The van der Waals surface area contributed by atoms with Crippen molar-refractivity contribution < 1.29 is 18.3 Å². The third kappa shape index (κ3) is 3.06. The Balaban J connectivity index is 2.42. The van der Waals surface area contributed by atoms with Gasteiger partial charge in [-0.15, -0.1) is 11.3 Å². The molecule has 0 radical (unpaired) electrons. The number of carbonyl (C=O) groups excluding carboxylic acids is 1. The third-order valence-corrected chi connectivity index (χ3v) is 6.41. The summed E-state index contributed by atoms with van der Waals surface area (Å²) in [5.41, 5.74) is 0.820. The normalized spacial score (nSPS) is 11.6. The van der Waals surface area contributed by atoms with Crippen molar-refractivity contribution in [1.29, 1.82) is 0 Å². The number of aliphatic hydroxyl groups is 1. The molecule has 22 heavy (non-hydrogen) atoms. The molecule has 0 aliphatic carbocycles. The molecule has 0 atom stereocenters. The summed E-state index contributed by atoms with van der Waals surface area (Å²) in [6.45, 7) is 1.42. The molecule has 2 rings (SSSR count). The first-order valence-electron chi connectivity index (χ1n) is 6.59. The van der Waals surface area contributed by atoms with Crippen molar-refractivity contribution in [2.75, 3.05) is 13.2 Å². The summed E-state index contributed by atoms with van der Waals surface area (Å²) < 4.78 is 27.7. The molecule has 0 spiro atoms. The molecule has 0 bridgehead atoms. The first-order chi connectivity index (χ1) is 10.4.